The zero-order valence-electron chi connectivity index (χ0n) is 12.0. The van der Waals surface area contributed by atoms with Gasteiger partial charge in [0.25, 0.3) is 0 Å². The Labute approximate surface area is 112 Å². The van der Waals surface area contributed by atoms with Crippen LogP contribution in [0.25, 0.3) is 0 Å². The number of likely N-dealkylation sites (tertiary alicyclic amines) is 1. The minimum Gasteiger partial charge on any atom is -0.395 e. The summed E-state index contributed by atoms with van der Waals surface area (Å²) in [4.78, 5) is 4.97. The summed E-state index contributed by atoms with van der Waals surface area (Å²) in [6.07, 6.45) is 8.46. The Morgan fingerprint density at radius 1 is 1.00 bits per heavy atom. The highest BCUT2D eigenvalue weighted by atomic mass is 16.3. The van der Waals surface area contributed by atoms with Crippen LogP contribution in [0.3, 0.4) is 0 Å². The number of nitrogens with zero attached hydrogens (tertiary/aromatic N) is 2. The van der Waals surface area contributed by atoms with E-state index in [2.05, 4.69) is 16.8 Å². The molecule has 0 aromatic rings. The molecule has 0 amide bonds. The summed E-state index contributed by atoms with van der Waals surface area (Å²) >= 11 is 0. The fraction of sp³-hybridized carbons (Fsp3) is 1.00. The topological polar surface area (TPSA) is 26.7 Å². The molecule has 0 unspecified atom stereocenters. The average Bonchev–Trinajstić information content (AvgIpc) is 2.84. The van der Waals surface area contributed by atoms with E-state index in [0.717, 1.165) is 18.4 Å². The van der Waals surface area contributed by atoms with E-state index < -0.39 is 0 Å². The van der Waals surface area contributed by atoms with E-state index >= 15 is 0 Å². The van der Waals surface area contributed by atoms with Gasteiger partial charge in [0.15, 0.2) is 0 Å². The van der Waals surface area contributed by atoms with Crippen molar-refractivity contribution in [3.05, 3.63) is 0 Å². The van der Waals surface area contributed by atoms with Crippen LogP contribution in [0.1, 0.15) is 38.5 Å². The highest BCUT2D eigenvalue weighted by Crippen LogP contribution is 2.26. The Bertz CT molecular complexity index is 221. The number of aliphatic hydroxyl groups is 1. The summed E-state index contributed by atoms with van der Waals surface area (Å²) in [6, 6.07) is 0. The molecule has 2 rings (SSSR count). The molecule has 1 saturated carbocycles. The van der Waals surface area contributed by atoms with Gasteiger partial charge in [-0.25, -0.2) is 0 Å². The Balaban J connectivity index is 1.61. The van der Waals surface area contributed by atoms with Gasteiger partial charge in [0.2, 0.25) is 0 Å². The first-order valence-corrected chi connectivity index (χ1v) is 7.79. The molecule has 0 atom stereocenters. The van der Waals surface area contributed by atoms with Crippen LogP contribution >= 0.6 is 0 Å². The summed E-state index contributed by atoms with van der Waals surface area (Å²) in [5.41, 5.74) is 0. The third-order valence-electron chi connectivity index (χ3n) is 4.74. The van der Waals surface area contributed by atoms with Crippen molar-refractivity contribution in [2.45, 2.75) is 38.5 Å². The molecule has 1 heterocycles. The van der Waals surface area contributed by atoms with Crippen molar-refractivity contribution >= 4 is 0 Å². The monoisotopic (exact) mass is 254 g/mol. The minimum atomic E-state index is 0.312. The molecule has 0 aromatic heterocycles. The van der Waals surface area contributed by atoms with Crippen molar-refractivity contribution in [2.24, 2.45) is 11.8 Å². The number of hydrogen-bond donors (Lipinski definition) is 1. The predicted octanol–water partition coefficient (Wildman–Crippen LogP) is 1.81. The van der Waals surface area contributed by atoms with Crippen LogP contribution < -0.4 is 0 Å². The molecule has 2 aliphatic rings. The van der Waals surface area contributed by atoms with Crippen LogP contribution in [-0.2, 0) is 0 Å². The second kappa shape index (κ2) is 7.46. The molecule has 0 spiro atoms. The molecule has 1 N–H and O–H groups in total. The number of β-amino-alcohol motifs (C(OH)–C–C–N with tert-alkyl or cyclic N) is 1. The van der Waals surface area contributed by atoms with Gasteiger partial charge in [-0.05, 0) is 57.7 Å². The quantitative estimate of drug-likeness (QED) is 0.783. The van der Waals surface area contributed by atoms with Crippen molar-refractivity contribution in [1.82, 2.24) is 9.80 Å². The van der Waals surface area contributed by atoms with Crippen LogP contribution in [0.5, 0.6) is 0 Å². The standard InChI is InChI=1S/C15H30N2O/c1-16(12-14-4-2-3-5-14)13-15-6-8-17(9-7-15)10-11-18/h14-15,18H,2-13H2,1H3. The summed E-state index contributed by atoms with van der Waals surface area (Å²) in [5, 5.41) is 8.94. The van der Waals surface area contributed by atoms with E-state index in [4.69, 9.17) is 5.11 Å². The van der Waals surface area contributed by atoms with Crippen molar-refractivity contribution in [2.75, 3.05) is 46.4 Å². The Morgan fingerprint density at radius 3 is 2.11 bits per heavy atom. The third-order valence-corrected chi connectivity index (χ3v) is 4.74. The lowest BCUT2D eigenvalue weighted by molar-refractivity contribution is 0.126. The molecule has 3 heteroatoms. The Morgan fingerprint density at radius 2 is 1.56 bits per heavy atom. The molecule has 3 nitrogen and oxygen atoms in total. The normalized spacial score (nSPS) is 24.2. The minimum absolute atomic E-state index is 0.312. The van der Waals surface area contributed by atoms with E-state index in [1.54, 1.807) is 0 Å². The van der Waals surface area contributed by atoms with E-state index in [1.807, 2.05) is 0 Å². The van der Waals surface area contributed by atoms with Gasteiger partial charge in [0, 0.05) is 19.6 Å². The smallest absolute Gasteiger partial charge is 0.0558 e. The lowest BCUT2D eigenvalue weighted by Gasteiger charge is -2.34. The number of hydrogen-bond acceptors (Lipinski definition) is 3. The molecule has 0 bridgehead atoms. The molecule has 18 heavy (non-hydrogen) atoms. The molecule has 106 valence electrons. The molecule has 2 fully saturated rings. The average molecular weight is 254 g/mol. The first-order valence-electron chi connectivity index (χ1n) is 7.79. The number of rotatable bonds is 6. The molecule has 0 radical (unpaired) electrons. The molecular weight excluding hydrogens is 224 g/mol. The summed E-state index contributed by atoms with van der Waals surface area (Å²) in [5.74, 6) is 1.86. The molecule has 1 saturated heterocycles. The zero-order valence-corrected chi connectivity index (χ0v) is 12.0. The van der Waals surface area contributed by atoms with E-state index in [9.17, 15) is 0 Å². The van der Waals surface area contributed by atoms with Crippen LogP contribution in [0.4, 0.5) is 0 Å². The molecular formula is C15H30N2O. The fourth-order valence-corrected chi connectivity index (χ4v) is 3.68. The van der Waals surface area contributed by atoms with Crippen molar-refractivity contribution < 1.29 is 5.11 Å². The molecule has 1 aliphatic carbocycles. The van der Waals surface area contributed by atoms with E-state index in [1.165, 1.54) is 64.7 Å². The highest BCUT2D eigenvalue weighted by Gasteiger charge is 2.22. The van der Waals surface area contributed by atoms with Crippen LogP contribution in [0.2, 0.25) is 0 Å². The number of aliphatic hydroxyl groups excluding tert-OH is 1. The van der Waals surface area contributed by atoms with Gasteiger partial charge in [-0.15, -0.1) is 0 Å². The van der Waals surface area contributed by atoms with Crippen molar-refractivity contribution in [3.63, 3.8) is 0 Å². The van der Waals surface area contributed by atoms with Crippen molar-refractivity contribution in [3.8, 4) is 0 Å². The third kappa shape index (κ3) is 4.52. The fourth-order valence-electron chi connectivity index (χ4n) is 3.68. The lowest BCUT2D eigenvalue weighted by Crippen LogP contribution is -2.39. The van der Waals surface area contributed by atoms with Crippen molar-refractivity contribution in [1.29, 1.82) is 0 Å². The lowest BCUT2D eigenvalue weighted by atomic mass is 9.96. The SMILES string of the molecule is CN(CC1CCCC1)CC1CCN(CCO)CC1. The Kier molecular flexibility index (Phi) is 5.93. The molecule has 0 aromatic carbocycles. The van der Waals surface area contributed by atoms with Gasteiger partial charge in [0.1, 0.15) is 0 Å². The van der Waals surface area contributed by atoms with E-state index in [0.29, 0.717) is 6.61 Å². The second-order valence-corrected chi connectivity index (χ2v) is 6.38. The number of piperidine rings is 1. The van der Waals surface area contributed by atoms with Crippen LogP contribution in [-0.4, -0.2) is 61.3 Å². The predicted molar refractivity (Wildman–Crippen MR) is 75.7 cm³/mol. The Hall–Kier alpha value is -0.120. The largest absolute Gasteiger partial charge is 0.395 e. The van der Waals surface area contributed by atoms with Gasteiger partial charge >= 0.3 is 0 Å². The second-order valence-electron chi connectivity index (χ2n) is 6.38. The highest BCUT2D eigenvalue weighted by molar-refractivity contribution is 4.76. The first-order chi connectivity index (χ1) is 8.78. The summed E-state index contributed by atoms with van der Waals surface area (Å²) in [6.45, 7) is 6.14. The maximum Gasteiger partial charge on any atom is 0.0558 e. The van der Waals surface area contributed by atoms with Gasteiger partial charge in [-0.1, -0.05) is 12.8 Å². The van der Waals surface area contributed by atoms with Gasteiger partial charge in [0.05, 0.1) is 6.61 Å². The summed E-state index contributed by atoms with van der Waals surface area (Å²) in [7, 11) is 2.30. The maximum absolute atomic E-state index is 8.94. The maximum atomic E-state index is 8.94. The van der Waals surface area contributed by atoms with Gasteiger partial charge in [-0.2, -0.15) is 0 Å². The molecule has 1 aliphatic heterocycles. The van der Waals surface area contributed by atoms with Gasteiger partial charge < -0.3 is 14.9 Å². The van der Waals surface area contributed by atoms with E-state index in [-0.39, 0.29) is 0 Å². The zero-order chi connectivity index (χ0) is 12.8. The van der Waals surface area contributed by atoms with Crippen LogP contribution in [0.15, 0.2) is 0 Å². The van der Waals surface area contributed by atoms with Gasteiger partial charge in [-0.3, -0.25) is 0 Å². The van der Waals surface area contributed by atoms with Crippen LogP contribution in [0, 0.1) is 11.8 Å². The first kappa shape index (κ1) is 14.3. The summed E-state index contributed by atoms with van der Waals surface area (Å²) < 4.78 is 0.